The summed E-state index contributed by atoms with van der Waals surface area (Å²) in [6.07, 6.45) is 1.64. The number of hydrogen-bond donors (Lipinski definition) is 2. The summed E-state index contributed by atoms with van der Waals surface area (Å²) in [5.74, 6) is 0.301. The molecule has 0 radical (unpaired) electrons. The second kappa shape index (κ2) is 4.15. The van der Waals surface area contributed by atoms with E-state index in [1.165, 1.54) is 0 Å². The third-order valence-corrected chi connectivity index (χ3v) is 0.817. The highest BCUT2D eigenvalue weighted by Crippen LogP contribution is 1.93. The molecule has 0 spiro atoms. The minimum Gasteiger partial charge on any atom is -0.513 e. The van der Waals surface area contributed by atoms with Crippen molar-refractivity contribution >= 4 is 0 Å². The molecule has 0 aromatic carbocycles. The first-order chi connectivity index (χ1) is 4.16. The molecular formula is C7H13NO. The van der Waals surface area contributed by atoms with Gasteiger partial charge in [-0.2, -0.15) is 0 Å². The number of aliphatic hydroxyl groups is 1. The minimum absolute atomic E-state index is 0.301. The summed E-state index contributed by atoms with van der Waals surface area (Å²) in [6.45, 7) is 6.03. The molecule has 9 heavy (non-hydrogen) atoms. The van der Waals surface area contributed by atoms with Gasteiger partial charge in [-0.3, -0.25) is 0 Å². The summed E-state index contributed by atoms with van der Waals surface area (Å²) < 4.78 is 0. The van der Waals surface area contributed by atoms with Crippen LogP contribution in [-0.4, -0.2) is 18.7 Å². The van der Waals surface area contributed by atoms with Gasteiger partial charge in [0.15, 0.2) is 0 Å². The lowest BCUT2D eigenvalue weighted by atomic mass is 10.3. The zero-order valence-electron chi connectivity index (χ0n) is 5.94. The summed E-state index contributed by atoms with van der Waals surface area (Å²) in [6, 6.07) is 0. The van der Waals surface area contributed by atoms with Gasteiger partial charge in [0.05, 0.1) is 5.76 Å². The molecule has 0 saturated heterocycles. The van der Waals surface area contributed by atoms with E-state index in [9.17, 15) is 0 Å². The molecule has 0 saturated carbocycles. The molecule has 2 nitrogen and oxygen atoms in total. The van der Waals surface area contributed by atoms with Gasteiger partial charge in [0, 0.05) is 6.54 Å². The molecule has 0 amide bonds. The molecule has 0 heterocycles. The molecular weight excluding hydrogens is 114 g/mol. The van der Waals surface area contributed by atoms with Gasteiger partial charge >= 0.3 is 0 Å². The average molecular weight is 127 g/mol. The van der Waals surface area contributed by atoms with Gasteiger partial charge in [-0.15, -0.1) is 0 Å². The Hall–Kier alpha value is -0.760. The van der Waals surface area contributed by atoms with Crippen molar-refractivity contribution < 1.29 is 5.11 Å². The molecule has 52 valence electrons. The van der Waals surface area contributed by atoms with Crippen LogP contribution >= 0.6 is 0 Å². The van der Waals surface area contributed by atoms with Crippen LogP contribution in [0.25, 0.3) is 0 Å². The van der Waals surface area contributed by atoms with Gasteiger partial charge < -0.3 is 10.4 Å². The third-order valence-electron chi connectivity index (χ3n) is 0.817. The molecule has 0 bridgehead atoms. The lowest BCUT2D eigenvalue weighted by Gasteiger charge is -1.96. The van der Waals surface area contributed by atoms with Crippen molar-refractivity contribution in [1.29, 1.82) is 0 Å². The van der Waals surface area contributed by atoms with E-state index < -0.39 is 0 Å². The number of aliphatic hydroxyl groups excluding tert-OH is 1. The van der Waals surface area contributed by atoms with Gasteiger partial charge in [-0.05, 0) is 25.6 Å². The van der Waals surface area contributed by atoms with Crippen LogP contribution in [0.2, 0.25) is 0 Å². The maximum absolute atomic E-state index is 8.72. The van der Waals surface area contributed by atoms with Crippen LogP contribution in [0.4, 0.5) is 0 Å². The van der Waals surface area contributed by atoms with Gasteiger partial charge in [0.2, 0.25) is 0 Å². The van der Waals surface area contributed by atoms with Gasteiger partial charge in [-0.1, -0.05) is 6.58 Å². The molecule has 0 fully saturated rings. The number of allylic oxidation sites excluding steroid dienone is 1. The normalized spacial score (nSPS) is 11.6. The summed E-state index contributed by atoms with van der Waals surface area (Å²) in [5.41, 5.74) is 0.887. The molecule has 2 heteroatoms. The van der Waals surface area contributed by atoms with Gasteiger partial charge in [0.1, 0.15) is 0 Å². The number of likely N-dealkylation sites (N-methyl/N-ethyl adjacent to an activating group) is 1. The van der Waals surface area contributed by atoms with E-state index >= 15 is 0 Å². The van der Waals surface area contributed by atoms with Crippen molar-refractivity contribution in [3.8, 4) is 0 Å². The fraction of sp³-hybridized carbons (Fsp3) is 0.429. The third kappa shape index (κ3) is 5.11. The first-order valence-corrected chi connectivity index (χ1v) is 2.86. The molecule has 0 aromatic heterocycles. The molecule has 0 unspecified atom stereocenters. The Bertz CT molecular complexity index is 123. The zero-order valence-corrected chi connectivity index (χ0v) is 5.94. The summed E-state index contributed by atoms with van der Waals surface area (Å²) >= 11 is 0. The quantitative estimate of drug-likeness (QED) is 0.441. The fourth-order valence-electron chi connectivity index (χ4n) is 0.574. The predicted octanol–water partition coefficient (Wildman–Crippen LogP) is 1.22. The van der Waals surface area contributed by atoms with Crippen LogP contribution in [0.15, 0.2) is 24.0 Å². The molecule has 0 aromatic rings. The first-order valence-electron chi connectivity index (χ1n) is 2.86. The molecule has 0 aliphatic heterocycles. The predicted molar refractivity (Wildman–Crippen MR) is 39.5 cm³/mol. The smallest absolute Gasteiger partial charge is 0.0894 e. The maximum atomic E-state index is 8.72. The zero-order chi connectivity index (χ0) is 7.28. The van der Waals surface area contributed by atoms with Crippen molar-refractivity contribution in [2.75, 3.05) is 13.6 Å². The molecule has 2 N–H and O–H groups in total. The molecule has 0 aliphatic rings. The second-order valence-electron chi connectivity index (χ2n) is 1.97. The number of hydrogen-bond acceptors (Lipinski definition) is 2. The highest BCUT2D eigenvalue weighted by molar-refractivity contribution is 5.17. The average Bonchev–Trinajstić information content (AvgIpc) is 1.63. The van der Waals surface area contributed by atoms with E-state index in [2.05, 4.69) is 11.9 Å². The summed E-state index contributed by atoms with van der Waals surface area (Å²) in [5, 5.41) is 11.6. The van der Waals surface area contributed by atoms with Crippen LogP contribution in [0.3, 0.4) is 0 Å². The highest BCUT2D eigenvalue weighted by Gasteiger charge is 1.85. The monoisotopic (exact) mass is 127 g/mol. The Morgan fingerprint density at radius 2 is 2.33 bits per heavy atom. The Labute approximate surface area is 55.9 Å². The van der Waals surface area contributed by atoms with Crippen molar-refractivity contribution in [3.05, 3.63) is 24.0 Å². The Morgan fingerprint density at radius 1 is 1.78 bits per heavy atom. The lowest BCUT2D eigenvalue weighted by Crippen LogP contribution is -2.08. The largest absolute Gasteiger partial charge is 0.513 e. The van der Waals surface area contributed by atoms with Crippen molar-refractivity contribution in [2.24, 2.45) is 0 Å². The van der Waals surface area contributed by atoms with Crippen molar-refractivity contribution in [2.45, 2.75) is 6.92 Å². The second-order valence-corrected chi connectivity index (χ2v) is 1.97. The van der Waals surface area contributed by atoms with E-state index in [-0.39, 0.29) is 0 Å². The SMILES string of the molecule is C=C(/C=C(\C)O)CNC. The molecule has 0 atom stereocenters. The van der Waals surface area contributed by atoms with Crippen LogP contribution in [0.5, 0.6) is 0 Å². The minimum atomic E-state index is 0.301. The fourth-order valence-corrected chi connectivity index (χ4v) is 0.574. The van der Waals surface area contributed by atoms with Crippen LogP contribution < -0.4 is 5.32 Å². The lowest BCUT2D eigenvalue weighted by molar-refractivity contribution is 0.413. The molecule has 0 aliphatic carbocycles. The van der Waals surface area contributed by atoms with E-state index in [1.807, 2.05) is 7.05 Å². The topological polar surface area (TPSA) is 32.3 Å². The Morgan fingerprint density at radius 3 is 2.67 bits per heavy atom. The maximum Gasteiger partial charge on any atom is 0.0894 e. The summed E-state index contributed by atoms with van der Waals surface area (Å²) in [4.78, 5) is 0. The number of nitrogens with one attached hydrogen (secondary N) is 1. The van der Waals surface area contributed by atoms with Crippen LogP contribution in [0, 0.1) is 0 Å². The van der Waals surface area contributed by atoms with Gasteiger partial charge in [-0.25, -0.2) is 0 Å². The highest BCUT2D eigenvalue weighted by atomic mass is 16.3. The van der Waals surface area contributed by atoms with Crippen LogP contribution in [-0.2, 0) is 0 Å². The number of rotatable bonds is 3. The van der Waals surface area contributed by atoms with E-state index in [0.29, 0.717) is 5.76 Å². The van der Waals surface area contributed by atoms with E-state index in [4.69, 9.17) is 5.11 Å². The Kier molecular flexibility index (Phi) is 3.80. The van der Waals surface area contributed by atoms with Crippen molar-refractivity contribution in [1.82, 2.24) is 5.32 Å². The summed E-state index contributed by atoms with van der Waals surface area (Å²) in [7, 11) is 1.84. The van der Waals surface area contributed by atoms with Crippen LogP contribution in [0.1, 0.15) is 6.92 Å². The molecule has 0 rings (SSSR count). The van der Waals surface area contributed by atoms with Gasteiger partial charge in [0.25, 0.3) is 0 Å². The van der Waals surface area contributed by atoms with E-state index in [1.54, 1.807) is 13.0 Å². The van der Waals surface area contributed by atoms with E-state index in [0.717, 1.165) is 12.1 Å². The first kappa shape index (κ1) is 8.24. The standard InChI is InChI=1S/C7H13NO/c1-6(5-8-3)4-7(2)9/h4,8-9H,1,5H2,2-3H3/b7-4+. The van der Waals surface area contributed by atoms with Crippen molar-refractivity contribution in [3.63, 3.8) is 0 Å². The Balaban J connectivity index is 3.63.